The third kappa shape index (κ3) is 5.52. The van der Waals surface area contributed by atoms with E-state index in [-0.39, 0.29) is 6.54 Å². The quantitative estimate of drug-likeness (QED) is 0.219. The van der Waals surface area contributed by atoms with Crippen LogP contribution in [-0.4, -0.2) is 64.1 Å². The third-order valence-electron chi connectivity index (χ3n) is 5.08. The minimum Gasteiger partial charge on any atom is -0.387 e. The molecule has 0 bridgehead atoms. The molecule has 3 aromatic rings. The summed E-state index contributed by atoms with van der Waals surface area (Å²) in [4.78, 5) is 52.1. The van der Waals surface area contributed by atoms with Gasteiger partial charge in [0, 0.05) is 17.6 Å². The lowest BCUT2D eigenvalue weighted by Gasteiger charge is -2.19. The van der Waals surface area contributed by atoms with Gasteiger partial charge in [-0.05, 0) is 12.1 Å². The Morgan fingerprint density at radius 3 is 2.49 bits per heavy atom. The minimum atomic E-state index is -5.37. The predicted octanol–water partition coefficient (Wildman–Crippen LogP) is -0.955. The second kappa shape index (κ2) is 9.52. The van der Waals surface area contributed by atoms with E-state index in [1.807, 2.05) is 0 Å². The van der Waals surface area contributed by atoms with Crippen LogP contribution in [0.1, 0.15) is 11.9 Å². The summed E-state index contributed by atoms with van der Waals surface area (Å²) in [6, 6.07) is 7.80. The van der Waals surface area contributed by atoms with Crippen LogP contribution in [0.5, 0.6) is 0 Å². The Bertz CT molecular complexity index is 1440. The molecule has 0 saturated carbocycles. The van der Waals surface area contributed by atoms with E-state index in [4.69, 9.17) is 19.0 Å². The summed E-state index contributed by atoms with van der Waals surface area (Å²) >= 11 is 0. The molecular weight excluding hydrogens is 516 g/mol. The summed E-state index contributed by atoms with van der Waals surface area (Å²) in [5, 5.41) is 25.1. The van der Waals surface area contributed by atoms with Gasteiger partial charge in [0.25, 0.3) is 5.56 Å². The molecular formula is C17H19N3O13P2. The normalized spacial score (nSPS) is 24.6. The van der Waals surface area contributed by atoms with Crippen molar-refractivity contribution in [3.05, 3.63) is 63.1 Å². The monoisotopic (exact) mass is 535 g/mol. The standard InChI is InChI=1S/C17H19N3O13P2/c21-13-5-6-19(17(24)20(13)7-10-9-3-1-2-4-11(9)32-18-10)16-15(23)14(22)12(31-16)8-30-35(28,29)33-34(25,26)27/h1-6,12,14-16,22-23H,7-8H2,(H,28,29)(H2,25,26,27)/t12?,14-,15?,16?/m0/s1. The molecule has 18 heteroatoms. The number of aliphatic hydroxyl groups excluding tert-OH is 2. The predicted molar refractivity (Wildman–Crippen MR) is 113 cm³/mol. The second-order valence-electron chi connectivity index (χ2n) is 7.44. The van der Waals surface area contributed by atoms with Crippen molar-refractivity contribution in [3.8, 4) is 0 Å². The van der Waals surface area contributed by atoms with Crippen LogP contribution in [0.25, 0.3) is 11.0 Å². The van der Waals surface area contributed by atoms with Crippen molar-refractivity contribution >= 4 is 26.6 Å². The highest BCUT2D eigenvalue weighted by atomic mass is 31.3. The smallest absolute Gasteiger partial charge is 0.387 e. The van der Waals surface area contributed by atoms with Crippen molar-refractivity contribution in [3.63, 3.8) is 0 Å². The molecule has 190 valence electrons. The van der Waals surface area contributed by atoms with Crippen LogP contribution < -0.4 is 11.2 Å². The summed E-state index contributed by atoms with van der Waals surface area (Å²) in [7, 11) is -10.6. The van der Waals surface area contributed by atoms with Crippen molar-refractivity contribution in [1.29, 1.82) is 0 Å². The average Bonchev–Trinajstić information content (AvgIpc) is 3.30. The Morgan fingerprint density at radius 2 is 1.77 bits per heavy atom. The van der Waals surface area contributed by atoms with Crippen LogP contribution in [0, 0.1) is 0 Å². The molecule has 16 nitrogen and oxygen atoms in total. The maximum atomic E-state index is 13.0. The van der Waals surface area contributed by atoms with Gasteiger partial charge in [0.05, 0.1) is 13.2 Å². The van der Waals surface area contributed by atoms with Crippen LogP contribution in [0.4, 0.5) is 0 Å². The van der Waals surface area contributed by atoms with E-state index < -0.39 is 58.0 Å². The Labute approximate surface area is 194 Å². The zero-order valence-corrected chi connectivity index (χ0v) is 19.2. The highest BCUT2D eigenvalue weighted by molar-refractivity contribution is 7.60. The number of hydrogen-bond acceptors (Lipinski definition) is 11. The maximum Gasteiger partial charge on any atom is 0.481 e. The number of aromatic nitrogens is 3. The molecule has 0 spiro atoms. The van der Waals surface area contributed by atoms with E-state index in [1.165, 1.54) is 0 Å². The van der Waals surface area contributed by atoms with Gasteiger partial charge in [0.2, 0.25) is 0 Å². The average molecular weight is 535 g/mol. The number of phosphoric acid groups is 2. The van der Waals surface area contributed by atoms with E-state index >= 15 is 0 Å². The molecule has 35 heavy (non-hydrogen) atoms. The molecule has 3 heterocycles. The van der Waals surface area contributed by atoms with Crippen molar-refractivity contribution < 1.29 is 52.1 Å². The van der Waals surface area contributed by atoms with Gasteiger partial charge in [-0.2, -0.15) is 4.31 Å². The van der Waals surface area contributed by atoms with Gasteiger partial charge in [-0.3, -0.25) is 18.5 Å². The van der Waals surface area contributed by atoms with Crippen molar-refractivity contribution in [2.45, 2.75) is 31.1 Å². The molecule has 0 aliphatic carbocycles. The van der Waals surface area contributed by atoms with Crippen molar-refractivity contribution in [2.24, 2.45) is 0 Å². The van der Waals surface area contributed by atoms with Crippen LogP contribution in [0.2, 0.25) is 0 Å². The van der Waals surface area contributed by atoms with Crippen LogP contribution >= 0.6 is 15.6 Å². The fourth-order valence-electron chi connectivity index (χ4n) is 3.49. The molecule has 0 amide bonds. The van der Waals surface area contributed by atoms with E-state index in [9.17, 15) is 33.8 Å². The van der Waals surface area contributed by atoms with E-state index in [0.717, 1.165) is 21.4 Å². The number of fused-ring (bicyclic) bond motifs is 1. The number of ether oxygens (including phenoxy) is 1. The summed E-state index contributed by atoms with van der Waals surface area (Å²) in [5.41, 5.74) is -0.890. The molecule has 0 radical (unpaired) electrons. The Hall–Kier alpha value is -2.49. The molecule has 2 aromatic heterocycles. The van der Waals surface area contributed by atoms with E-state index in [2.05, 4.69) is 14.0 Å². The number of nitrogens with zero attached hydrogens (tertiary/aromatic N) is 3. The van der Waals surface area contributed by atoms with Gasteiger partial charge < -0.3 is 34.2 Å². The molecule has 1 aliphatic rings. The molecule has 1 aliphatic heterocycles. The summed E-state index contributed by atoms with van der Waals surface area (Å²) in [5.74, 6) is 0. The van der Waals surface area contributed by atoms with E-state index in [0.29, 0.717) is 16.7 Å². The molecule has 4 rings (SSSR count). The fourth-order valence-corrected chi connectivity index (χ4v) is 5.09. The largest absolute Gasteiger partial charge is 0.481 e. The van der Waals surface area contributed by atoms with Crippen LogP contribution in [0.15, 0.2) is 50.6 Å². The number of phosphoric ester groups is 1. The number of para-hydroxylation sites is 1. The first kappa shape index (κ1) is 25.6. The zero-order valence-electron chi connectivity index (χ0n) is 17.4. The first-order chi connectivity index (χ1) is 16.4. The summed E-state index contributed by atoms with van der Waals surface area (Å²) in [6.07, 6.45) is -5.53. The Balaban J connectivity index is 1.56. The molecule has 5 N–H and O–H groups in total. The van der Waals surface area contributed by atoms with Gasteiger partial charge in [-0.25, -0.2) is 13.9 Å². The second-order valence-corrected chi connectivity index (χ2v) is 10.3. The molecule has 1 fully saturated rings. The van der Waals surface area contributed by atoms with Gasteiger partial charge >= 0.3 is 21.3 Å². The van der Waals surface area contributed by atoms with Gasteiger partial charge in [-0.1, -0.05) is 17.3 Å². The maximum absolute atomic E-state index is 13.0. The number of benzene rings is 1. The lowest BCUT2D eigenvalue weighted by molar-refractivity contribution is -0.0547. The summed E-state index contributed by atoms with van der Waals surface area (Å²) in [6.45, 7) is -1.22. The topological polar surface area (TPSA) is 233 Å². The van der Waals surface area contributed by atoms with Crippen LogP contribution in [0.3, 0.4) is 0 Å². The lowest BCUT2D eigenvalue weighted by Crippen LogP contribution is -2.43. The summed E-state index contributed by atoms with van der Waals surface area (Å²) < 4.78 is 42.6. The van der Waals surface area contributed by atoms with Crippen LogP contribution in [-0.2, 0) is 29.2 Å². The van der Waals surface area contributed by atoms with Crippen molar-refractivity contribution in [1.82, 2.24) is 14.3 Å². The first-order valence-electron chi connectivity index (χ1n) is 9.77. The fraction of sp³-hybridized carbons (Fsp3) is 0.353. The first-order valence-corrected chi connectivity index (χ1v) is 12.8. The van der Waals surface area contributed by atoms with Gasteiger partial charge in [0.15, 0.2) is 11.8 Å². The highest BCUT2D eigenvalue weighted by Gasteiger charge is 2.46. The van der Waals surface area contributed by atoms with Crippen molar-refractivity contribution in [2.75, 3.05) is 6.61 Å². The molecule has 1 aromatic carbocycles. The lowest BCUT2D eigenvalue weighted by atomic mass is 10.1. The number of rotatable bonds is 8. The Kier molecular flexibility index (Phi) is 6.96. The molecule has 1 saturated heterocycles. The van der Waals surface area contributed by atoms with E-state index in [1.54, 1.807) is 24.3 Å². The number of aliphatic hydroxyl groups is 2. The third-order valence-corrected chi connectivity index (χ3v) is 7.23. The SMILES string of the molecule is O=c1ccn(C2OC(COP(=O)(O)OP(=O)(O)O)[C@H](O)C2O)c(=O)n1Cc1noc2ccccc12. The van der Waals surface area contributed by atoms with Gasteiger partial charge in [-0.15, -0.1) is 0 Å². The number of hydrogen-bond donors (Lipinski definition) is 5. The highest BCUT2D eigenvalue weighted by Crippen LogP contribution is 2.57. The minimum absolute atomic E-state index is 0.277. The molecule has 5 atom stereocenters. The molecule has 4 unspecified atom stereocenters. The zero-order chi connectivity index (χ0) is 25.5. The Morgan fingerprint density at radius 1 is 1.06 bits per heavy atom. The van der Waals surface area contributed by atoms with Gasteiger partial charge in [0.1, 0.15) is 24.0 Å².